The van der Waals surface area contributed by atoms with Gasteiger partial charge in [-0.2, -0.15) is 0 Å². The van der Waals surface area contributed by atoms with Crippen molar-refractivity contribution in [3.05, 3.63) is 0 Å². The van der Waals surface area contributed by atoms with Crippen LogP contribution in [0.25, 0.3) is 0 Å². The summed E-state index contributed by atoms with van der Waals surface area (Å²) in [6, 6.07) is 0.0886. The largest absolute Gasteiger partial charge is 0.481 e. The van der Waals surface area contributed by atoms with Gasteiger partial charge in [0.1, 0.15) is 0 Å². The van der Waals surface area contributed by atoms with Crippen molar-refractivity contribution in [3.63, 3.8) is 0 Å². The van der Waals surface area contributed by atoms with Gasteiger partial charge in [-0.15, -0.1) is 0 Å². The third-order valence-corrected chi connectivity index (χ3v) is 5.98. The Morgan fingerprint density at radius 1 is 1.00 bits per heavy atom. The number of carboxylic acids is 1. The molecule has 0 spiro atoms. The Kier molecular flexibility index (Phi) is 12.6. The molecule has 0 saturated heterocycles. The molecule has 4 atom stereocenters. The third kappa shape index (κ3) is 12.0. The van der Waals surface area contributed by atoms with Crippen LogP contribution < -0.4 is 5.32 Å². The van der Waals surface area contributed by atoms with Crippen LogP contribution in [0, 0.1) is 23.7 Å². The molecule has 0 aromatic carbocycles. The minimum absolute atomic E-state index is 0.0886. The molecule has 0 aromatic heterocycles. The molecule has 0 bridgehead atoms. The van der Waals surface area contributed by atoms with Gasteiger partial charge in [-0.05, 0) is 31.1 Å². The monoisotopic (exact) mass is 441 g/mol. The van der Waals surface area contributed by atoms with Gasteiger partial charge >= 0.3 is 18.0 Å². The van der Waals surface area contributed by atoms with E-state index < -0.39 is 18.4 Å². The predicted octanol–water partition coefficient (Wildman–Crippen LogP) is 5.51. The van der Waals surface area contributed by atoms with Crippen molar-refractivity contribution >= 4 is 18.0 Å². The molecule has 1 saturated carbocycles. The van der Waals surface area contributed by atoms with Crippen LogP contribution in [0.2, 0.25) is 0 Å². The van der Waals surface area contributed by atoms with Crippen LogP contribution in [0.15, 0.2) is 0 Å². The van der Waals surface area contributed by atoms with E-state index in [-0.39, 0.29) is 30.3 Å². The highest BCUT2D eigenvalue weighted by atomic mass is 16.7. The number of alkyl carbamates (subject to hydrolysis) is 1. The zero-order valence-electron chi connectivity index (χ0n) is 20.0. The minimum atomic E-state index is -0.878. The van der Waals surface area contributed by atoms with Gasteiger partial charge in [-0.25, -0.2) is 4.79 Å². The Bertz CT molecular complexity index is 562. The third-order valence-electron chi connectivity index (χ3n) is 5.98. The number of amides is 1. The maximum atomic E-state index is 12.4. The average Bonchev–Trinajstić information content (AvgIpc) is 2.69. The van der Waals surface area contributed by atoms with Gasteiger partial charge in [0.25, 0.3) is 6.29 Å². The summed E-state index contributed by atoms with van der Waals surface area (Å²) < 4.78 is 10.7. The number of unbranched alkanes of at least 4 members (excludes halogenated alkanes) is 1. The number of aliphatic carboxylic acids is 1. The van der Waals surface area contributed by atoms with Crippen molar-refractivity contribution in [1.29, 1.82) is 0 Å². The zero-order chi connectivity index (χ0) is 23.4. The molecule has 1 aliphatic carbocycles. The van der Waals surface area contributed by atoms with E-state index in [0.717, 1.165) is 51.4 Å². The number of hydrogen-bond donors (Lipinski definition) is 2. The molecule has 1 fully saturated rings. The number of carbonyl (C=O) groups excluding carboxylic acids is 2. The van der Waals surface area contributed by atoms with E-state index in [1.54, 1.807) is 13.8 Å². The lowest BCUT2D eigenvalue weighted by molar-refractivity contribution is -0.178. The number of rotatable bonds is 13. The second kappa shape index (κ2) is 14.3. The molecule has 1 amide bonds. The highest BCUT2D eigenvalue weighted by molar-refractivity contribution is 5.72. The van der Waals surface area contributed by atoms with E-state index in [2.05, 4.69) is 12.2 Å². The fourth-order valence-electron chi connectivity index (χ4n) is 3.97. The summed E-state index contributed by atoms with van der Waals surface area (Å²) in [4.78, 5) is 34.8. The van der Waals surface area contributed by atoms with E-state index in [4.69, 9.17) is 14.6 Å². The molecule has 180 valence electrons. The predicted molar refractivity (Wildman–Crippen MR) is 119 cm³/mol. The molecular formula is C24H43NO6. The van der Waals surface area contributed by atoms with Gasteiger partial charge < -0.3 is 19.9 Å². The quantitative estimate of drug-likeness (QED) is 0.222. The molecule has 0 radical (unpaired) electrons. The molecule has 2 N–H and O–H groups in total. The number of esters is 1. The number of nitrogens with one attached hydrogen (secondary N) is 1. The molecule has 7 heteroatoms. The molecule has 1 aliphatic rings. The SMILES string of the molecule is CC(C)C(=O)O[C@@H](OC(=O)NC1CCCC(CC[C@H](C)CCCCC(=O)O)C1)C(C)C. The molecule has 0 aliphatic heterocycles. The maximum absolute atomic E-state index is 12.4. The lowest BCUT2D eigenvalue weighted by atomic mass is 9.81. The standard InChI is InChI=1S/C24H43NO6/c1-16(2)22(28)30-23(17(3)4)31-24(29)25-20-11-8-10-19(15-20)14-13-18(5)9-6-7-12-21(26)27/h16-20,23H,6-15H2,1-5H3,(H,25,29)(H,26,27)/t18-,19?,20?,23+/m1/s1. The van der Waals surface area contributed by atoms with Crippen LogP contribution >= 0.6 is 0 Å². The van der Waals surface area contributed by atoms with Crippen molar-refractivity contribution in [2.24, 2.45) is 23.7 Å². The van der Waals surface area contributed by atoms with Crippen molar-refractivity contribution in [2.45, 2.75) is 111 Å². The van der Waals surface area contributed by atoms with Crippen LogP contribution in [-0.4, -0.2) is 35.5 Å². The number of carbonyl (C=O) groups is 3. The summed E-state index contributed by atoms with van der Waals surface area (Å²) in [6.07, 6.45) is 8.05. The van der Waals surface area contributed by atoms with E-state index in [0.29, 0.717) is 11.8 Å². The first-order chi connectivity index (χ1) is 14.6. The van der Waals surface area contributed by atoms with Gasteiger partial charge in [-0.1, -0.05) is 73.1 Å². The van der Waals surface area contributed by atoms with Crippen molar-refractivity contribution in [1.82, 2.24) is 5.32 Å². The molecular weight excluding hydrogens is 398 g/mol. The van der Waals surface area contributed by atoms with Crippen LogP contribution in [0.5, 0.6) is 0 Å². The summed E-state index contributed by atoms with van der Waals surface area (Å²) >= 11 is 0. The van der Waals surface area contributed by atoms with Gasteiger partial charge in [0.15, 0.2) is 0 Å². The zero-order valence-corrected chi connectivity index (χ0v) is 20.0. The van der Waals surface area contributed by atoms with Crippen molar-refractivity contribution in [3.8, 4) is 0 Å². The van der Waals surface area contributed by atoms with Gasteiger partial charge in [-0.3, -0.25) is 9.59 Å². The Labute approximate surface area is 187 Å². The summed E-state index contributed by atoms with van der Waals surface area (Å²) in [5, 5.41) is 11.7. The Morgan fingerprint density at radius 3 is 2.32 bits per heavy atom. The van der Waals surface area contributed by atoms with Crippen LogP contribution in [-0.2, 0) is 19.1 Å². The smallest absolute Gasteiger partial charge is 0.410 e. The Hall–Kier alpha value is -1.79. The fourth-order valence-corrected chi connectivity index (χ4v) is 3.97. The highest BCUT2D eigenvalue weighted by Gasteiger charge is 2.27. The van der Waals surface area contributed by atoms with E-state index >= 15 is 0 Å². The number of carboxylic acid groups (broad SMARTS) is 1. The summed E-state index contributed by atoms with van der Waals surface area (Å²) in [5.41, 5.74) is 0. The molecule has 0 heterocycles. The van der Waals surface area contributed by atoms with E-state index in [1.807, 2.05) is 13.8 Å². The Balaban J connectivity index is 2.36. The molecule has 7 nitrogen and oxygen atoms in total. The van der Waals surface area contributed by atoms with Gasteiger partial charge in [0, 0.05) is 18.4 Å². The van der Waals surface area contributed by atoms with E-state index in [1.165, 1.54) is 6.42 Å². The van der Waals surface area contributed by atoms with Gasteiger partial charge in [0.05, 0.1) is 5.92 Å². The fraction of sp³-hybridized carbons (Fsp3) is 0.875. The van der Waals surface area contributed by atoms with Crippen LogP contribution in [0.4, 0.5) is 4.79 Å². The van der Waals surface area contributed by atoms with Crippen molar-refractivity contribution in [2.75, 3.05) is 0 Å². The van der Waals surface area contributed by atoms with Crippen LogP contribution in [0.3, 0.4) is 0 Å². The summed E-state index contributed by atoms with van der Waals surface area (Å²) in [7, 11) is 0. The topological polar surface area (TPSA) is 102 Å². The Morgan fingerprint density at radius 2 is 1.71 bits per heavy atom. The molecule has 1 rings (SSSR count). The highest BCUT2D eigenvalue weighted by Crippen LogP contribution is 2.30. The minimum Gasteiger partial charge on any atom is -0.481 e. The first-order valence-electron chi connectivity index (χ1n) is 12.0. The van der Waals surface area contributed by atoms with E-state index in [9.17, 15) is 14.4 Å². The van der Waals surface area contributed by atoms with Gasteiger partial charge in [0.2, 0.25) is 0 Å². The first kappa shape index (κ1) is 27.2. The normalized spacial score (nSPS) is 20.9. The maximum Gasteiger partial charge on any atom is 0.410 e. The molecule has 31 heavy (non-hydrogen) atoms. The number of hydrogen-bond acceptors (Lipinski definition) is 5. The lowest BCUT2D eigenvalue weighted by Crippen LogP contribution is -2.42. The summed E-state index contributed by atoms with van der Waals surface area (Å²) in [5.74, 6) is -0.308. The number of ether oxygens (including phenoxy) is 2. The second-order valence-corrected chi connectivity index (χ2v) is 9.81. The second-order valence-electron chi connectivity index (χ2n) is 9.81. The van der Waals surface area contributed by atoms with Crippen molar-refractivity contribution < 1.29 is 29.0 Å². The first-order valence-corrected chi connectivity index (χ1v) is 12.0. The average molecular weight is 442 g/mol. The van der Waals surface area contributed by atoms with Crippen LogP contribution in [0.1, 0.15) is 98.8 Å². The summed E-state index contributed by atoms with van der Waals surface area (Å²) in [6.45, 7) is 9.44. The molecule has 0 aromatic rings. The molecule has 2 unspecified atom stereocenters. The lowest BCUT2D eigenvalue weighted by Gasteiger charge is -2.31.